The van der Waals surface area contributed by atoms with Crippen molar-refractivity contribution >= 4 is 53.4 Å². The van der Waals surface area contributed by atoms with E-state index in [-0.39, 0.29) is 37.7 Å². The monoisotopic (exact) mass is 360 g/mol. The molecule has 0 atom stereocenters. The second kappa shape index (κ2) is 15.9. The van der Waals surface area contributed by atoms with Crippen molar-refractivity contribution in [1.29, 1.82) is 0 Å². The Morgan fingerprint density at radius 2 is 0.632 bits per heavy atom. The SMILES string of the molecule is O=P(O)(O)O.O=P(O)(O)O.O=[N+]([O-])[O-].O=[N+]([O-])[O-].[Ca+2]. The Morgan fingerprint density at radius 1 is 0.632 bits per heavy atom. The third-order valence-electron chi connectivity index (χ3n) is 0. The standard InChI is InChI=1S/Ca.2NO3.2H3O4P/c;2*2-1(3)4;2*1-5(2,3)4/h;;;2*(H3,1,2,3,4)/q+2;2*-1;;. The van der Waals surface area contributed by atoms with Gasteiger partial charge in [0.2, 0.25) is 0 Å². The van der Waals surface area contributed by atoms with E-state index >= 15 is 0 Å². The molecular weight excluding hydrogens is 354 g/mol. The minimum atomic E-state index is -4.64. The zero-order chi connectivity index (χ0) is 16.2. The van der Waals surface area contributed by atoms with E-state index in [1.165, 1.54) is 0 Å². The van der Waals surface area contributed by atoms with Gasteiger partial charge in [0, 0.05) is 0 Å². The van der Waals surface area contributed by atoms with Gasteiger partial charge in [0.1, 0.15) is 0 Å². The minimum absolute atomic E-state index is 0. The first-order chi connectivity index (χ1) is 7.46. The summed E-state index contributed by atoms with van der Waals surface area (Å²) in [6.45, 7) is 0. The van der Waals surface area contributed by atoms with Gasteiger partial charge >= 0.3 is 53.4 Å². The summed E-state index contributed by atoms with van der Waals surface area (Å²) in [6, 6.07) is 0. The van der Waals surface area contributed by atoms with Gasteiger partial charge in [-0.05, 0) is 0 Å². The van der Waals surface area contributed by atoms with Gasteiger partial charge in [0.15, 0.2) is 0 Å². The number of phosphoric acid groups is 2. The molecule has 0 fully saturated rings. The molecule has 0 aliphatic heterocycles. The van der Waals surface area contributed by atoms with E-state index in [9.17, 15) is 0 Å². The van der Waals surface area contributed by atoms with Crippen LogP contribution in [-0.4, -0.2) is 77.3 Å². The Bertz CT molecular complexity index is 255. The third kappa shape index (κ3) is 312000. The van der Waals surface area contributed by atoms with E-state index in [1.807, 2.05) is 0 Å². The predicted molar refractivity (Wildman–Crippen MR) is 55.0 cm³/mol. The van der Waals surface area contributed by atoms with Gasteiger partial charge < -0.3 is 60.0 Å². The molecule has 6 N–H and O–H groups in total. The number of hydrogen-bond donors (Lipinski definition) is 6. The molecule has 0 rings (SSSR count). The van der Waals surface area contributed by atoms with Gasteiger partial charge in [-0.1, -0.05) is 0 Å². The minimum Gasteiger partial charge on any atom is -0.356 e. The van der Waals surface area contributed by atoms with Gasteiger partial charge in [-0.15, -0.1) is 0 Å². The molecule has 0 aromatic rings. The fraction of sp³-hybridized carbons (Fsp3) is 0. The molecule has 0 bridgehead atoms. The first kappa shape index (κ1) is 31.3. The van der Waals surface area contributed by atoms with Crippen molar-refractivity contribution in [3.05, 3.63) is 30.6 Å². The predicted octanol–water partition coefficient (Wildman–Crippen LogP) is -2.72. The number of hydrogen-bond acceptors (Lipinski definition) is 8. The summed E-state index contributed by atoms with van der Waals surface area (Å²) in [7, 11) is -9.28. The fourth-order valence-electron chi connectivity index (χ4n) is 0. The van der Waals surface area contributed by atoms with Gasteiger partial charge in [0.05, 0.1) is 10.2 Å². The van der Waals surface area contributed by atoms with Crippen molar-refractivity contribution in [2.45, 2.75) is 0 Å². The first-order valence-corrected chi connectivity index (χ1v) is 5.79. The molecule has 0 aromatic heterocycles. The van der Waals surface area contributed by atoms with Crippen LogP contribution >= 0.6 is 15.6 Å². The maximum absolute atomic E-state index is 8.88. The van der Waals surface area contributed by atoms with Crippen LogP contribution in [0.3, 0.4) is 0 Å². The molecule has 0 aromatic carbocycles. The molecule has 0 aliphatic rings. The number of rotatable bonds is 0. The average Bonchev–Trinajstić information content (AvgIpc) is 1.70. The maximum atomic E-state index is 8.88. The summed E-state index contributed by atoms with van der Waals surface area (Å²) in [4.78, 5) is 59.6. The van der Waals surface area contributed by atoms with E-state index in [0.29, 0.717) is 0 Å². The van der Waals surface area contributed by atoms with Crippen molar-refractivity contribution in [3.8, 4) is 0 Å². The second-order valence-corrected chi connectivity index (χ2v) is 3.53. The topological polar surface area (TPSA) is 288 Å². The molecule has 0 saturated heterocycles. The van der Waals surface area contributed by atoms with E-state index in [0.717, 1.165) is 0 Å². The summed E-state index contributed by atoms with van der Waals surface area (Å²) in [6.07, 6.45) is 0. The molecular formula is H6CaN2O14P2. The smallest absolute Gasteiger partial charge is 0.356 e. The Labute approximate surface area is 132 Å². The summed E-state index contributed by atoms with van der Waals surface area (Å²) < 4.78 is 17.8. The molecule has 0 amide bonds. The number of nitrogens with zero attached hydrogens (tertiary/aromatic N) is 2. The third-order valence-corrected chi connectivity index (χ3v) is 0. The Kier molecular flexibility index (Phi) is 26.3. The van der Waals surface area contributed by atoms with Crippen LogP contribution < -0.4 is 0 Å². The first-order valence-electron chi connectivity index (χ1n) is 2.66. The van der Waals surface area contributed by atoms with Crippen molar-refractivity contribution in [1.82, 2.24) is 0 Å². The molecule has 0 saturated carbocycles. The summed E-state index contributed by atoms with van der Waals surface area (Å²) in [5, 5.41) is 29.5. The van der Waals surface area contributed by atoms with Crippen LogP contribution in [0.1, 0.15) is 0 Å². The van der Waals surface area contributed by atoms with Gasteiger partial charge in [-0.2, -0.15) is 0 Å². The van der Waals surface area contributed by atoms with Crippen molar-refractivity contribution in [2.75, 3.05) is 0 Å². The van der Waals surface area contributed by atoms with E-state index in [4.69, 9.17) is 69.1 Å². The fourth-order valence-corrected chi connectivity index (χ4v) is 0. The quantitative estimate of drug-likeness (QED) is 0.111. The van der Waals surface area contributed by atoms with Crippen molar-refractivity contribution in [2.24, 2.45) is 0 Å². The average molecular weight is 360 g/mol. The molecule has 19 heteroatoms. The second-order valence-electron chi connectivity index (χ2n) is 1.47. The molecule has 0 unspecified atom stereocenters. The van der Waals surface area contributed by atoms with Crippen LogP contribution in [0.4, 0.5) is 0 Å². The zero-order valence-corrected chi connectivity index (χ0v) is 12.4. The maximum Gasteiger partial charge on any atom is 2.00 e. The van der Waals surface area contributed by atoms with E-state index in [2.05, 4.69) is 0 Å². The van der Waals surface area contributed by atoms with Crippen LogP contribution in [0.25, 0.3) is 0 Å². The van der Waals surface area contributed by atoms with Crippen LogP contribution in [-0.2, 0) is 9.13 Å². The van der Waals surface area contributed by atoms with Crippen molar-refractivity contribution < 1.29 is 48.7 Å². The van der Waals surface area contributed by atoms with Gasteiger partial charge in [-0.25, -0.2) is 9.13 Å². The Morgan fingerprint density at radius 3 is 0.632 bits per heavy atom. The van der Waals surface area contributed by atoms with E-state index < -0.39 is 25.8 Å². The van der Waals surface area contributed by atoms with Crippen LogP contribution in [0.2, 0.25) is 0 Å². The van der Waals surface area contributed by atoms with E-state index in [1.54, 1.807) is 0 Å². The summed E-state index contributed by atoms with van der Waals surface area (Å²) >= 11 is 0. The van der Waals surface area contributed by atoms with Crippen LogP contribution in [0.15, 0.2) is 0 Å². The summed E-state index contributed by atoms with van der Waals surface area (Å²) in [5.41, 5.74) is 0. The molecule has 16 nitrogen and oxygen atoms in total. The molecule has 0 aliphatic carbocycles. The van der Waals surface area contributed by atoms with Gasteiger partial charge in [0.25, 0.3) is 0 Å². The Balaban J connectivity index is -0.0000000453. The molecule has 112 valence electrons. The zero-order valence-electron chi connectivity index (χ0n) is 8.45. The Hall–Kier alpha value is -0.120. The van der Waals surface area contributed by atoms with Crippen LogP contribution in [0.5, 0.6) is 0 Å². The molecule has 0 heterocycles. The summed E-state index contributed by atoms with van der Waals surface area (Å²) in [5.74, 6) is 0. The van der Waals surface area contributed by atoms with Gasteiger partial charge in [-0.3, -0.25) is 0 Å². The normalized spacial score (nSPS) is 8.74. The molecule has 19 heavy (non-hydrogen) atoms. The van der Waals surface area contributed by atoms with Crippen LogP contribution in [0, 0.1) is 30.6 Å². The van der Waals surface area contributed by atoms with Crippen molar-refractivity contribution in [3.63, 3.8) is 0 Å². The largest absolute Gasteiger partial charge is 2.00 e. The molecule has 0 radical (unpaired) electrons. The molecule has 0 spiro atoms.